The van der Waals surface area contributed by atoms with Crippen LogP contribution in [0.5, 0.6) is 0 Å². The van der Waals surface area contributed by atoms with E-state index in [2.05, 4.69) is 31.2 Å². The lowest BCUT2D eigenvalue weighted by Crippen LogP contribution is -2.26. The quantitative estimate of drug-likeness (QED) is 0.856. The molecule has 3 atom stereocenters. The van der Waals surface area contributed by atoms with Gasteiger partial charge in [-0.05, 0) is 38.0 Å². The SMILES string of the molecule is CCCn1nc(C)c(N)c1NC1CCC(CC)C1C. The van der Waals surface area contributed by atoms with Crippen molar-refractivity contribution < 1.29 is 0 Å². The van der Waals surface area contributed by atoms with E-state index in [9.17, 15) is 0 Å². The van der Waals surface area contributed by atoms with Gasteiger partial charge in [0.25, 0.3) is 0 Å². The molecule has 0 bridgehead atoms. The van der Waals surface area contributed by atoms with E-state index in [-0.39, 0.29) is 0 Å². The Morgan fingerprint density at radius 3 is 2.68 bits per heavy atom. The van der Waals surface area contributed by atoms with E-state index >= 15 is 0 Å². The van der Waals surface area contributed by atoms with Gasteiger partial charge in [0.15, 0.2) is 0 Å². The molecule has 2 rings (SSSR count). The highest BCUT2D eigenvalue weighted by Gasteiger charge is 2.32. The molecule has 0 spiro atoms. The summed E-state index contributed by atoms with van der Waals surface area (Å²) in [5.74, 6) is 2.60. The van der Waals surface area contributed by atoms with Crippen molar-refractivity contribution in [2.75, 3.05) is 11.1 Å². The van der Waals surface area contributed by atoms with Crippen LogP contribution in [0.3, 0.4) is 0 Å². The maximum Gasteiger partial charge on any atom is 0.148 e. The minimum absolute atomic E-state index is 0.541. The Morgan fingerprint density at radius 2 is 2.11 bits per heavy atom. The van der Waals surface area contributed by atoms with Gasteiger partial charge in [0.1, 0.15) is 5.82 Å². The van der Waals surface area contributed by atoms with E-state index in [4.69, 9.17) is 5.73 Å². The van der Waals surface area contributed by atoms with Crippen LogP contribution >= 0.6 is 0 Å². The minimum atomic E-state index is 0.541. The second kappa shape index (κ2) is 5.85. The first-order chi connectivity index (χ1) is 9.08. The number of nitrogens with two attached hydrogens (primary N) is 1. The number of rotatable bonds is 5. The molecule has 0 aromatic carbocycles. The van der Waals surface area contributed by atoms with Crippen LogP contribution in [0.2, 0.25) is 0 Å². The van der Waals surface area contributed by atoms with Crippen molar-refractivity contribution in [1.82, 2.24) is 9.78 Å². The summed E-state index contributed by atoms with van der Waals surface area (Å²) in [4.78, 5) is 0. The maximum absolute atomic E-state index is 6.18. The van der Waals surface area contributed by atoms with Crippen molar-refractivity contribution in [2.45, 2.75) is 66.0 Å². The van der Waals surface area contributed by atoms with Gasteiger partial charge in [-0.25, -0.2) is 4.68 Å². The van der Waals surface area contributed by atoms with E-state index < -0.39 is 0 Å². The summed E-state index contributed by atoms with van der Waals surface area (Å²) in [6.07, 6.45) is 4.93. The fourth-order valence-electron chi connectivity index (χ4n) is 3.32. The van der Waals surface area contributed by atoms with E-state index in [1.807, 2.05) is 11.6 Å². The van der Waals surface area contributed by atoms with Crippen LogP contribution in [0.4, 0.5) is 11.5 Å². The van der Waals surface area contributed by atoms with Crippen molar-refractivity contribution in [3.8, 4) is 0 Å². The van der Waals surface area contributed by atoms with E-state index in [1.165, 1.54) is 19.3 Å². The van der Waals surface area contributed by atoms with Gasteiger partial charge in [-0.15, -0.1) is 0 Å². The average Bonchev–Trinajstić information content (AvgIpc) is 2.86. The standard InChI is InChI=1S/C15H28N4/c1-5-9-19-15(14(16)11(4)18-19)17-13-8-7-12(6-2)10(13)3/h10,12-13,17H,5-9,16H2,1-4H3. The number of hydrogen-bond donors (Lipinski definition) is 2. The number of aryl methyl sites for hydroxylation is 2. The van der Waals surface area contributed by atoms with Crippen LogP contribution in [0, 0.1) is 18.8 Å². The van der Waals surface area contributed by atoms with Gasteiger partial charge >= 0.3 is 0 Å². The lowest BCUT2D eigenvalue weighted by molar-refractivity contribution is 0.390. The molecule has 0 saturated heterocycles. The van der Waals surface area contributed by atoms with E-state index in [1.54, 1.807) is 0 Å². The second-order valence-electron chi connectivity index (χ2n) is 5.93. The van der Waals surface area contributed by atoms with E-state index in [0.717, 1.165) is 42.0 Å². The van der Waals surface area contributed by atoms with Crippen molar-refractivity contribution in [2.24, 2.45) is 11.8 Å². The molecule has 0 radical (unpaired) electrons. The van der Waals surface area contributed by atoms with Gasteiger partial charge in [0.2, 0.25) is 0 Å². The summed E-state index contributed by atoms with van der Waals surface area (Å²) >= 11 is 0. The van der Waals surface area contributed by atoms with Crippen LogP contribution in [0.15, 0.2) is 0 Å². The number of nitrogens with zero attached hydrogens (tertiary/aromatic N) is 2. The Kier molecular flexibility index (Phi) is 4.38. The predicted molar refractivity (Wildman–Crippen MR) is 81.3 cm³/mol. The first-order valence-corrected chi connectivity index (χ1v) is 7.67. The lowest BCUT2D eigenvalue weighted by atomic mass is 9.93. The molecule has 1 saturated carbocycles. The molecule has 1 aliphatic rings. The third-order valence-corrected chi connectivity index (χ3v) is 4.68. The fraction of sp³-hybridized carbons (Fsp3) is 0.800. The lowest BCUT2D eigenvalue weighted by Gasteiger charge is -2.22. The molecule has 0 amide bonds. The molecule has 108 valence electrons. The zero-order chi connectivity index (χ0) is 14.0. The van der Waals surface area contributed by atoms with Gasteiger partial charge in [-0.1, -0.05) is 27.2 Å². The van der Waals surface area contributed by atoms with Crippen LogP contribution in [-0.4, -0.2) is 15.8 Å². The summed E-state index contributed by atoms with van der Waals surface area (Å²) in [6, 6.07) is 0.541. The van der Waals surface area contributed by atoms with Crippen LogP contribution in [0.25, 0.3) is 0 Å². The zero-order valence-corrected chi connectivity index (χ0v) is 12.7. The summed E-state index contributed by atoms with van der Waals surface area (Å²) in [5.41, 5.74) is 7.94. The monoisotopic (exact) mass is 264 g/mol. The summed E-state index contributed by atoms with van der Waals surface area (Å²) < 4.78 is 2.04. The highest BCUT2D eigenvalue weighted by atomic mass is 15.3. The van der Waals surface area contributed by atoms with Crippen LogP contribution in [0.1, 0.15) is 52.1 Å². The fourth-order valence-corrected chi connectivity index (χ4v) is 3.32. The summed E-state index contributed by atoms with van der Waals surface area (Å²) in [6.45, 7) is 9.74. The molecule has 4 nitrogen and oxygen atoms in total. The molecule has 19 heavy (non-hydrogen) atoms. The van der Waals surface area contributed by atoms with Crippen molar-refractivity contribution in [3.63, 3.8) is 0 Å². The Balaban J connectivity index is 2.15. The Hall–Kier alpha value is -1.19. The molecule has 4 heteroatoms. The molecule has 1 aromatic heterocycles. The zero-order valence-electron chi connectivity index (χ0n) is 12.7. The smallest absolute Gasteiger partial charge is 0.148 e. The van der Waals surface area contributed by atoms with Gasteiger partial charge in [0.05, 0.1) is 11.4 Å². The predicted octanol–water partition coefficient (Wildman–Crippen LogP) is 3.42. The molecule has 3 N–H and O–H groups in total. The molecule has 1 heterocycles. The third-order valence-electron chi connectivity index (χ3n) is 4.68. The number of hydrogen-bond acceptors (Lipinski definition) is 3. The van der Waals surface area contributed by atoms with Crippen molar-refractivity contribution in [3.05, 3.63) is 5.69 Å². The molecule has 1 fully saturated rings. The summed E-state index contributed by atoms with van der Waals surface area (Å²) in [5, 5.41) is 8.21. The highest BCUT2D eigenvalue weighted by Crippen LogP contribution is 2.36. The van der Waals surface area contributed by atoms with Gasteiger partial charge in [-0.2, -0.15) is 5.10 Å². The number of nitrogens with one attached hydrogen (secondary N) is 1. The molecule has 1 aliphatic carbocycles. The minimum Gasteiger partial charge on any atom is -0.394 e. The topological polar surface area (TPSA) is 55.9 Å². The van der Waals surface area contributed by atoms with Crippen LogP contribution < -0.4 is 11.1 Å². The normalized spacial score (nSPS) is 26.8. The highest BCUT2D eigenvalue weighted by molar-refractivity contribution is 5.65. The largest absolute Gasteiger partial charge is 0.394 e. The number of nitrogen functional groups attached to an aromatic ring is 1. The molecule has 1 aromatic rings. The van der Waals surface area contributed by atoms with Crippen LogP contribution in [-0.2, 0) is 6.54 Å². The maximum atomic E-state index is 6.18. The van der Waals surface area contributed by atoms with Gasteiger partial charge < -0.3 is 11.1 Å². The first kappa shape index (κ1) is 14.2. The molecule has 0 aliphatic heterocycles. The summed E-state index contributed by atoms with van der Waals surface area (Å²) in [7, 11) is 0. The van der Waals surface area contributed by atoms with Crippen molar-refractivity contribution >= 4 is 11.5 Å². The third kappa shape index (κ3) is 2.72. The van der Waals surface area contributed by atoms with Crippen molar-refractivity contribution in [1.29, 1.82) is 0 Å². The van der Waals surface area contributed by atoms with Gasteiger partial charge in [-0.3, -0.25) is 0 Å². The second-order valence-corrected chi connectivity index (χ2v) is 5.93. The molecular weight excluding hydrogens is 236 g/mol. The number of anilines is 2. The number of aromatic nitrogens is 2. The Morgan fingerprint density at radius 1 is 1.37 bits per heavy atom. The Labute approximate surface area is 116 Å². The Bertz CT molecular complexity index is 424. The van der Waals surface area contributed by atoms with Gasteiger partial charge in [0, 0.05) is 12.6 Å². The molecular formula is C15H28N4. The van der Waals surface area contributed by atoms with E-state index in [0.29, 0.717) is 6.04 Å². The first-order valence-electron chi connectivity index (χ1n) is 7.67. The molecule has 3 unspecified atom stereocenters. The average molecular weight is 264 g/mol.